The molecule has 1 N–H and O–H groups in total. The van der Waals surface area contributed by atoms with Gasteiger partial charge in [-0.3, -0.25) is 0 Å². The van der Waals surface area contributed by atoms with Gasteiger partial charge in [-0.1, -0.05) is 29.8 Å². The van der Waals surface area contributed by atoms with Crippen molar-refractivity contribution in [3.8, 4) is 0 Å². The Morgan fingerprint density at radius 1 is 1.11 bits per heavy atom. The predicted molar refractivity (Wildman–Crippen MR) is 81.7 cm³/mol. The third kappa shape index (κ3) is 3.44. The molecule has 0 fully saturated rings. The van der Waals surface area contributed by atoms with Crippen LogP contribution in [-0.4, -0.2) is 6.26 Å². The van der Waals surface area contributed by atoms with Crippen LogP contribution >= 0.6 is 23.4 Å². The first-order chi connectivity index (χ1) is 8.69. The number of halogens is 1. The third-order valence-corrected chi connectivity index (χ3v) is 3.82. The minimum atomic E-state index is 0.774. The molecule has 0 heterocycles. The quantitative estimate of drug-likeness (QED) is 0.791. The van der Waals surface area contributed by atoms with Crippen molar-refractivity contribution in [3.63, 3.8) is 0 Å². The number of nitrogens with one attached hydrogen (secondary N) is 1. The van der Waals surface area contributed by atoms with Crippen LogP contribution in [-0.2, 0) is 6.54 Å². The van der Waals surface area contributed by atoms with Crippen LogP contribution in [0.15, 0.2) is 47.4 Å². The normalized spacial score (nSPS) is 10.4. The van der Waals surface area contributed by atoms with Crippen molar-refractivity contribution >= 4 is 29.1 Å². The molecule has 0 radical (unpaired) electrons. The molecule has 0 aromatic heterocycles. The number of hydrogen-bond donors (Lipinski definition) is 1. The highest BCUT2D eigenvalue weighted by Gasteiger charge is 2.00. The average molecular weight is 278 g/mol. The van der Waals surface area contributed by atoms with Crippen LogP contribution in [0.3, 0.4) is 0 Å². The molecule has 0 bridgehead atoms. The Kier molecular flexibility index (Phi) is 4.56. The Morgan fingerprint density at radius 3 is 2.44 bits per heavy atom. The van der Waals surface area contributed by atoms with Crippen LogP contribution in [0.4, 0.5) is 5.69 Å². The summed E-state index contributed by atoms with van der Waals surface area (Å²) in [6.45, 7) is 2.83. The number of rotatable bonds is 4. The summed E-state index contributed by atoms with van der Waals surface area (Å²) in [5.41, 5.74) is 3.41. The molecule has 2 rings (SSSR count). The fourth-order valence-electron chi connectivity index (χ4n) is 1.70. The van der Waals surface area contributed by atoms with Crippen LogP contribution in [0.5, 0.6) is 0 Å². The molecule has 0 saturated heterocycles. The van der Waals surface area contributed by atoms with Gasteiger partial charge in [-0.05, 0) is 48.6 Å². The van der Waals surface area contributed by atoms with Gasteiger partial charge in [0.1, 0.15) is 0 Å². The Bertz CT molecular complexity index is 523. The molecule has 0 atom stereocenters. The summed E-state index contributed by atoms with van der Waals surface area (Å²) < 4.78 is 0. The Hall–Kier alpha value is -1.12. The van der Waals surface area contributed by atoms with Crippen molar-refractivity contribution in [1.82, 2.24) is 0 Å². The van der Waals surface area contributed by atoms with Crippen molar-refractivity contribution in [2.24, 2.45) is 0 Å². The number of aryl methyl sites for hydroxylation is 1. The molecule has 1 nitrogen and oxygen atoms in total. The van der Waals surface area contributed by atoms with Gasteiger partial charge >= 0.3 is 0 Å². The lowest BCUT2D eigenvalue weighted by molar-refractivity contribution is 1.14. The zero-order chi connectivity index (χ0) is 13.0. The minimum absolute atomic E-state index is 0.774. The van der Waals surface area contributed by atoms with Crippen LogP contribution < -0.4 is 5.32 Å². The summed E-state index contributed by atoms with van der Waals surface area (Å²) in [4.78, 5) is 1.28. The summed E-state index contributed by atoms with van der Waals surface area (Å²) in [6, 6.07) is 14.6. The highest BCUT2D eigenvalue weighted by atomic mass is 35.5. The molecular formula is C15H16ClNS. The second-order valence-corrected chi connectivity index (χ2v) is 5.47. The summed E-state index contributed by atoms with van der Waals surface area (Å²) in [5.74, 6) is 0. The summed E-state index contributed by atoms with van der Waals surface area (Å²) in [5, 5.41) is 4.13. The second kappa shape index (κ2) is 6.17. The fraction of sp³-hybridized carbons (Fsp3) is 0.200. The lowest BCUT2D eigenvalue weighted by Crippen LogP contribution is -1.99. The average Bonchev–Trinajstić information content (AvgIpc) is 2.38. The monoisotopic (exact) mass is 277 g/mol. The van der Waals surface area contributed by atoms with Gasteiger partial charge in [0.2, 0.25) is 0 Å². The van der Waals surface area contributed by atoms with Crippen molar-refractivity contribution in [1.29, 1.82) is 0 Å². The van der Waals surface area contributed by atoms with Crippen LogP contribution in [0.1, 0.15) is 11.1 Å². The SMILES string of the molecule is CSc1ccc(CNc2ccc(C)cc2Cl)cc1. The van der Waals surface area contributed by atoms with E-state index in [9.17, 15) is 0 Å². The van der Waals surface area contributed by atoms with E-state index in [1.165, 1.54) is 16.0 Å². The van der Waals surface area contributed by atoms with Gasteiger partial charge in [-0.15, -0.1) is 11.8 Å². The molecular weight excluding hydrogens is 262 g/mol. The maximum absolute atomic E-state index is 6.18. The molecule has 0 spiro atoms. The van der Waals surface area contributed by atoms with Gasteiger partial charge in [0.15, 0.2) is 0 Å². The molecule has 0 aliphatic rings. The highest BCUT2D eigenvalue weighted by molar-refractivity contribution is 7.98. The van der Waals surface area contributed by atoms with Crippen molar-refractivity contribution in [3.05, 3.63) is 58.6 Å². The largest absolute Gasteiger partial charge is 0.380 e. The predicted octanol–water partition coefficient (Wildman–Crippen LogP) is 4.98. The van der Waals surface area contributed by atoms with Gasteiger partial charge in [0.25, 0.3) is 0 Å². The van der Waals surface area contributed by atoms with E-state index in [0.29, 0.717) is 0 Å². The van der Waals surface area contributed by atoms with E-state index in [4.69, 9.17) is 11.6 Å². The van der Waals surface area contributed by atoms with Gasteiger partial charge < -0.3 is 5.32 Å². The maximum Gasteiger partial charge on any atom is 0.0640 e. The Morgan fingerprint density at radius 2 is 1.83 bits per heavy atom. The molecule has 2 aromatic carbocycles. The van der Waals surface area contributed by atoms with E-state index in [1.54, 1.807) is 11.8 Å². The Labute approximate surface area is 118 Å². The van der Waals surface area contributed by atoms with Crippen LogP contribution in [0.25, 0.3) is 0 Å². The molecule has 3 heteroatoms. The minimum Gasteiger partial charge on any atom is -0.380 e. The topological polar surface area (TPSA) is 12.0 Å². The number of hydrogen-bond acceptors (Lipinski definition) is 2. The van der Waals surface area contributed by atoms with Crippen LogP contribution in [0, 0.1) is 6.92 Å². The lowest BCUT2D eigenvalue weighted by Gasteiger charge is -2.09. The van der Waals surface area contributed by atoms with E-state index in [-0.39, 0.29) is 0 Å². The standard InChI is InChI=1S/C15H16ClNS/c1-11-3-8-15(14(16)9-11)17-10-12-4-6-13(18-2)7-5-12/h3-9,17H,10H2,1-2H3. The van der Waals surface area contributed by atoms with Gasteiger partial charge in [-0.25, -0.2) is 0 Å². The van der Waals surface area contributed by atoms with Gasteiger partial charge in [0.05, 0.1) is 10.7 Å². The number of thioether (sulfide) groups is 1. The maximum atomic E-state index is 6.18. The highest BCUT2D eigenvalue weighted by Crippen LogP contribution is 2.23. The smallest absolute Gasteiger partial charge is 0.0640 e. The van der Waals surface area contributed by atoms with Gasteiger partial charge in [-0.2, -0.15) is 0 Å². The van der Waals surface area contributed by atoms with E-state index in [2.05, 4.69) is 41.9 Å². The zero-order valence-electron chi connectivity index (χ0n) is 10.5. The van der Waals surface area contributed by atoms with Crippen molar-refractivity contribution < 1.29 is 0 Å². The summed E-state index contributed by atoms with van der Waals surface area (Å²) in [6.07, 6.45) is 2.08. The molecule has 0 aliphatic carbocycles. The number of anilines is 1. The van der Waals surface area contributed by atoms with Crippen molar-refractivity contribution in [2.75, 3.05) is 11.6 Å². The summed E-state index contributed by atoms with van der Waals surface area (Å²) >= 11 is 7.93. The third-order valence-electron chi connectivity index (χ3n) is 2.77. The van der Waals surface area contributed by atoms with E-state index >= 15 is 0 Å². The molecule has 0 unspecified atom stereocenters. The molecule has 2 aromatic rings. The van der Waals surface area contributed by atoms with E-state index in [0.717, 1.165) is 17.3 Å². The molecule has 18 heavy (non-hydrogen) atoms. The van der Waals surface area contributed by atoms with E-state index in [1.807, 2.05) is 19.1 Å². The van der Waals surface area contributed by atoms with E-state index < -0.39 is 0 Å². The lowest BCUT2D eigenvalue weighted by atomic mass is 10.2. The first-order valence-electron chi connectivity index (χ1n) is 5.82. The molecule has 94 valence electrons. The zero-order valence-corrected chi connectivity index (χ0v) is 12.1. The first kappa shape index (κ1) is 13.3. The van der Waals surface area contributed by atoms with Gasteiger partial charge in [0, 0.05) is 11.4 Å². The Balaban J connectivity index is 2.02. The molecule has 0 amide bonds. The van der Waals surface area contributed by atoms with Crippen LogP contribution in [0.2, 0.25) is 5.02 Å². The fourth-order valence-corrected chi connectivity index (χ4v) is 2.41. The second-order valence-electron chi connectivity index (χ2n) is 4.18. The van der Waals surface area contributed by atoms with Crippen molar-refractivity contribution in [2.45, 2.75) is 18.4 Å². The summed E-state index contributed by atoms with van der Waals surface area (Å²) in [7, 11) is 0. The molecule has 0 aliphatic heterocycles. The first-order valence-corrected chi connectivity index (χ1v) is 7.42. The number of benzene rings is 2. The molecule has 0 saturated carbocycles.